The maximum Gasteiger partial charge on any atom is 0.305 e. The van der Waals surface area contributed by atoms with Gasteiger partial charge in [-0.2, -0.15) is 0 Å². The van der Waals surface area contributed by atoms with Crippen molar-refractivity contribution in [3.8, 4) is 11.1 Å². The molecule has 0 aliphatic rings. The van der Waals surface area contributed by atoms with Crippen LogP contribution in [0.3, 0.4) is 0 Å². The second-order valence-electron chi connectivity index (χ2n) is 8.94. The molecule has 0 saturated heterocycles. The maximum absolute atomic E-state index is 13.8. The topological polar surface area (TPSA) is 99.6 Å². The van der Waals surface area contributed by atoms with Gasteiger partial charge in [0.05, 0.1) is 6.42 Å². The van der Waals surface area contributed by atoms with E-state index in [-0.39, 0.29) is 24.8 Å². The van der Waals surface area contributed by atoms with Crippen LogP contribution in [-0.2, 0) is 17.8 Å². The van der Waals surface area contributed by atoms with Crippen LogP contribution in [0.5, 0.6) is 0 Å². The molecule has 0 spiro atoms. The summed E-state index contributed by atoms with van der Waals surface area (Å²) in [7, 11) is 0. The van der Waals surface area contributed by atoms with Crippen molar-refractivity contribution in [1.29, 1.82) is 0 Å². The molecule has 0 saturated carbocycles. The number of carbonyl (C=O) groups excluding carboxylic acids is 2. The Morgan fingerprint density at radius 2 is 1.38 bits per heavy atom. The fourth-order valence-corrected chi connectivity index (χ4v) is 4.36. The normalized spacial score (nSPS) is 10.6. The average molecular weight is 542 g/mol. The van der Waals surface area contributed by atoms with Gasteiger partial charge in [-0.25, -0.2) is 0 Å². The molecule has 8 heteroatoms. The highest BCUT2D eigenvalue weighted by molar-refractivity contribution is 6.30. The molecule has 0 aliphatic heterocycles. The van der Waals surface area contributed by atoms with Gasteiger partial charge in [0.25, 0.3) is 11.8 Å². The molecule has 1 heterocycles. The number of hydrogen-bond donors (Lipinski definition) is 2. The molecule has 0 unspecified atom stereocenters. The number of aromatic nitrogens is 1. The van der Waals surface area contributed by atoms with E-state index in [0.29, 0.717) is 46.8 Å². The molecule has 4 aromatic rings. The molecule has 4 rings (SSSR count). The molecule has 1 aromatic heterocycles. The van der Waals surface area contributed by atoms with Crippen molar-refractivity contribution in [2.75, 3.05) is 13.1 Å². The standard InChI is InChI=1S/C31H28ClN3O4/c32-24-11-9-23(10-12-24)21-34-30(38)27-7-3-1-5-25(27)26-6-2-4-8-28(26)31(39)35(20-16-29(36)37)19-15-22-13-17-33-18-14-22/h1-14,17-18H,15-16,19-21H2,(H,34,38)(H,36,37). The number of carboxylic acid groups (broad SMARTS) is 1. The number of pyridine rings is 1. The Bertz CT molecular complexity index is 1440. The Labute approximate surface area is 232 Å². The number of amides is 2. The number of carbonyl (C=O) groups is 3. The number of nitrogens with zero attached hydrogens (tertiary/aromatic N) is 2. The molecule has 0 fully saturated rings. The van der Waals surface area contributed by atoms with E-state index in [0.717, 1.165) is 11.1 Å². The summed E-state index contributed by atoms with van der Waals surface area (Å²) in [6.07, 6.45) is 3.75. The van der Waals surface area contributed by atoms with Crippen molar-refractivity contribution in [3.63, 3.8) is 0 Å². The van der Waals surface area contributed by atoms with Crippen molar-refractivity contribution in [2.45, 2.75) is 19.4 Å². The molecule has 0 atom stereocenters. The summed E-state index contributed by atoms with van der Waals surface area (Å²) < 4.78 is 0. The summed E-state index contributed by atoms with van der Waals surface area (Å²) in [6, 6.07) is 25.2. The smallest absolute Gasteiger partial charge is 0.305 e. The van der Waals surface area contributed by atoms with Gasteiger partial charge in [0.1, 0.15) is 0 Å². The molecule has 2 amide bonds. The zero-order valence-corrected chi connectivity index (χ0v) is 22.0. The SMILES string of the molecule is O=C(O)CCN(CCc1ccncc1)C(=O)c1ccccc1-c1ccccc1C(=O)NCc1ccc(Cl)cc1. The Hall–Kier alpha value is -4.49. The van der Waals surface area contributed by atoms with Crippen LogP contribution in [0.4, 0.5) is 0 Å². The van der Waals surface area contributed by atoms with Crippen LogP contribution >= 0.6 is 11.6 Å². The Morgan fingerprint density at radius 3 is 2.05 bits per heavy atom. The van der Waals surface area contributed by atoms with Crippen LogP contribution in [0, 0.1) is 0 Å². The minimum atomic E-state index is -0.979. The molecular weight excluding hydrogens is 514 g/mol. The minimum Gasteiger partial charge on any atom is -0.481 e. The quantitative estimate of drug-likeness (QED) is 0.261. The van der Waals surface area contributed by atoms with E-state index in [1.165, 1.54) is 0 Å². The van der Waals surface area contributed by atoms with Crippen molar-refractivity contribution in [3.05, 3.63) is 125 Å². The van der Waals surface area contributed by atoms with Gasteiger partial charge in [0, 0.05) is 48.2 Å². The first-order chi connectivity index (χ1) is 18.9. The van der Waals surface area contributed by atoms with E-state index in [2.05, 4.69) is 10.3 Å². The number of carboxylic acids is 1. The highest BCUT2D eigenvalue weighted by Crippen LogP contribution is 2.28. The van der Waals surface area contributed by atoms with Crippen LogP contribution in [0.1, 0.15) is 38.3 Å². The van der Waals surface area contributed by atoms with E-state index < -0.39 is 5.97 Å². The van der Waals surface area contributed by atoms with Crippen LogP contribution in [0.25, 0.3) is 11.1 Å². The highest BCUT2D eigenvalue weighted by Gasteiger charge is 2.22. The molecule has 198 valence electrons. The maximum atomic E-state index is 13.8. The summed E-state index contributed by atoms with van der Waals surface area (Å²) in [6.45, 7) is 0.730. The second kappa shape index (κ2) is 13.3. The van der Waals surface area contributed by atoms with Gasteiger partial charge in [0.15, 0.2) is 0 Å². The van der Waals surface area contributed by atoms with Gasteiger partial charge in [-0.05, 0) is 65.1 Å². The first-order valence-corrected chi connectivity index (χ1v) is 12.9. The Balaban J connectivity index is 1.60. The van der Waals surface area contributed by atoms with E-state index in [1.54, 1.807) is 59.8 Å². The molecule has 0 radical (unpaired) electrons. The number of benzene rings is 3. The lowest BCUT2D eigenvalue weighted by Crippen LogP contribution is -2.35. The van der Waals surface area contributed by atoms with Gasteiger partial charge >= 0.3 is 5.97 Å². The summed E-state index contributed by atoms with van der Waals surface area (Å²) in [5.41, 5.74) is 3.95. The Kier molecular flexibility index (Phi) is 9.43. The van der Waals surface area contributed by atoms with Gasteiger partial charge in [0.2, 0.25) is 0 Å². The second-order valence-corrected chi connectivity index (χ2v) is 9.38. The van der Waals surface area contributed by atoms with Gasteiger partial charge in [-0.3, -0.25) is 19.4 Å². The van der Waals surface area contributed by atoms with E-state index >= 15 is 0 Å². The monoisotopic (exact) mass is 541 g/mol. The molecule has 0 aliphatic carbocycles. The number of halogens is 1. The van der Waals surface area contributed by atoms with Gasteiger partial charge in [-0.15, -0.1) is 0 Å². The van der Waals surface area contributed by atoms with Crippen molar-refractivity contribution in [2.24, 2.45) is 0 Å². The van der Waals surface area contributed by atoms with Crippen LogP contribution in [-0.4, -0.2) is 45.9 Å². The first kappa shape index (κ1) is 27.5. The molecule has 0 bridgehead atoms. The lowest BCUT2D eigenvalue weighted by molar-refractivity contribution is -0.137. The fourth-order valence-electron chi connectivity index (χ4n) is 4.23. The van der Waals surface area contributed by atoms with Crippen molar-refractivity contribution in [1.82, 2.24) is 15.2 Å². The molecule has 7 nitrogen and oxygen atoms in total. The largest absolute Gasteiger partial charge is 0.481 e. The molecule has 2 N–H and O–H groups in total. The van der Waals surface area contributed by atoms with Crippen molar-refractivity contribution < 1.29 is 19.5 Å². The third-order valence-electron chi connectivity index (χ3n) is 6.29. The predicted octanol–water partition coefficient (Wildman–Crippen LogP) is 5.49. The lowest BCUT2D eigenvalue weighted by atomic mass is 9.94. The Morgan fingerprint density at radius 1 is 0.769 bits per heavy atom. The summed E-state index contributed by atoms with van der Waals surface area (Å²) >= 11 is 5.96. The molecule has 39 heavy (non-hydrogen) atoms. The number of nitrogens with one attached hydrogen (secondary N) is 1. The van der Waals surface area contributed by atoms with Crippen LogP contribution in [0.15, 0.2) is 97.3 Å². The van der Waals surface area contributed by atoms with Gasteiger partial charge in [-0.1, -0.05) is 60.1 Å². The van der Waals surface area contributed by atoms with Crippen LogP contribution in [0.2, 0.25) is 5.02 Å². The van der Waals surface area contributed by atoms with E-state index in [1.807, 2.05) is 42.5 Å². The van der Waals surface area contributed by atoms with Gasteiger partial charge < -0.3 is 15.3 Å². The van der Waals surface area contributed by atoms with E-state index in [9.17, 15) is 19.5 Å². The third-order valence-corrected chi connectivity index (χ3v) is 6.54. The predicted molar refractivity (Wildman–Crippen MR) is 151 cm³/mol. The average Bonchev–Trinajstić information content (AvgIpc) is 2.97. The van der Waals surface area contributed by atoms with Crippen LogP contribution < -0.4 is 5.32 Å². The van der Waals surface area contributed by atoms with Crippen molar-refractivity contribution >= 4 is 29.4 Å². The highest BCUT2D eigenvalue weighted by atomic mass is 35.5. The minimum absolute atomic E-state index is 0.0663. The molecule has 3 aromatic carbocycles. The summed E-state index contributed by atoms with van der Waals surface area (Å²) in [4.78, 5) is 43.9. The third kappa shape index (κ3) is 7.52. The summed E-state index contributed by atoms with van der Waals surface area (Å²) in [5.74, 6) is -1.55. The number of rotatable bonds is 11. The zero-order valence-electron chi connectivity index (χ0n) is 21.2. The number of aliphatic carboxylic acids is 1. The fraction of sp³-hybridized carbons (Fsp3) is 0.161. The number of hydrogen-bond acceptors (Lipinski definition) is 4. The first-order valence-electron chi connectivity index (χ1n) is 12.5. The molecular formula is C31H28ClN3O4. The van der Waals surface area contributed by atoms with E-state index in [4.69, 9.17) is 11.6 Å². The lowest BCUT2D eigenvalue weighted by Gasteiger charge is -2.24. The summed E-state index contributed by atoms with van der Waals surface area (Å²) in [5, 5.41) is 12.8. The zero-order chi connectivity index (χ0) is 27.6.